The minimum atomic E-state index is -1.51. The summed E-state index contributed by atoms with van der Waals surface area (Å²) in [7, 11) is 0. The van der Waals surface area contributed by atoms with E-state index in [9.17, 15) is 33.9 Å². The number of benzene rings is 3. The largest absolute Gasteiger partial charge is 0.492 e. The number of anilines is 4. The molecule has 3 aromatic carbocycles. The fourth-order valence-corrected chi connectivity index (χ4v) is 8.05. The topological polar surface area (TPSA) is 426 Å². The lowest BCUT2D eigenvalue weighted by atomic mass is 10.1. The summed E-state index contributed by atoms with van der Waals surface area (Å²) in [4.78, 5) is 83.0. The second-order valence-corrected chi connectivity index (χ2v) is 18.6. The smallest absolute Gasteiger partial charge is 0.338 e. The highest BCUT2D eigenvalue weighted by Gasteiger charge is 2.26. The normalized spacial score (nSPS) is 11.8. The molecule has 0 bridgehead atoms. The lowest BCUT2D eigenvalue weighted by Gasteiger charge is -2.20. The number of carbonyl (C=O) groups is 6. The predicted octanol–water partition coefficient (Wildman–Crippen LogP) is 1.85. The third-order valence-electron chi connectivity index (χ3n) is 9.51. The van der Waals surface area contributed by atoms with E-state index in [2.05, 4.69) is 31.9 Å². The van der Waals surface area contributed by atoms with Crippen LogP contribution in [0.3, 0.4) is 0 Å². The molecule has 2 atom stereocenters. The van der Waals surface area contributed by atoms with Crippen LogP contribution in [-0.2, 0) is 19.1 Å². The number of amides is 4. The molecule has 72 heavy (non-hydrogen) atoms. The number of hydrogen-bond donors (Lipinski definition) is 15. The van der Waals surface area contributed by atoms with Gasteiger partial charge < -0.3 is 85.6 Å². The Hall–Kier alpha value is -6.68. The molecule has 0 fully saturated rings. The molecule has 3 aromatic rings. The number of nitrogens with one attached hydrogen (secondary N) is 8. The van der Waals surface area contributed by atoms with Crippen LogP contribution in [0.15, 0.2) is 52.3 Å². The first-order chi connectivity index (χ1) is 34.2. The molecule has 394 valence electrons. The zero-order valence-electron chi connectivity index (χ0n) is 40.7. The maximum Gasteiger partial charge on any atom is 0.338 e. The number of aliphatic hydroxyl groups excluding tert-OH is 1. The number of nitrogens with two attached hydrogens (primary N) is 6. The maximum absolute atomic E-state index is 14.4. The molecule has 0 aromatic heterocycles. The van der Waals surface area contributed by atoms with E-state index in [0.717, 1.165) is 11.8 Å². The SMILES string of the molecule is CC(C)OC(=O)c1cc(NC(=O)c2cc(OCCN)cc(C(=O)Nc3cc(C(=O)OC(C)C)cc(NC(=O)[C@H](O)CCCNC(=N)N)c3SCCN)c2)c(SCCN)c(NC(=O)[C@H](N)CCCNC(=N)N)c1. The number of guanidine groups is 2. The third-order valence-corrected chi connectivity index (χ3v) is 11.8. The predicted molar refractivity (Wildman–Crippen MR) is 280 cm³/mol. The summed E-state index contributed by atoms with van der Waals surface area (Å²) < 4.78 is 16.7. The van der Waals surface area contributed by atoms with E-state index in [0.29, 0.717) is 23.6 Å². The minimum Gasteiger partial charge on any atom is -0.492 e. The minimum absolute atomic E-state index is 0.00598. The first kappa shape index (κ1) is 59.6. The van der Waals surface area contributed by atoms with E-state index in [-0.39, 0.29) is 125 Å². The van der Waals surface area contributed by atoms with Gasteiger partial charge >= 0.3 is 11.9 Å². The van der Waals surface area contributed by atoms with Gasteiger partial charge in [0, 0.05) is 55.4 Å². The van der Waals surface area contributed by atoms with Gasteiger partial charge in [-0.1, -0.05) is 0 Å². The van der Waals surface area contributed by atoms with Gasteiger partial charge in [0.05, 0.1) is 61.9 Å². The highest BCUT2D eigenvalue weighted by molar-refractivity contribution is 7.99. The van der Waals surface area contributed by atoms with Crippen LogP contribution in [0, 0.1) is 10.8 Å². The maximum atomic E-state index is 14.4. The van der Waals surface area contributed by atoms with Crippen LogP contribution >= 0.6 is 23.5 Å². The number of thioether (sulfide) groups is 2. The Kier molecular flexibility index (Phi) is 25.1. The Morgan fingerprint density at radius 3 is 1.42 bits per heavy atom. The van der Waals surface area contributed by atoms with E-state index < -0.39 is 59.9 Å². The molecule has 0 radical (unpaired) electrons. The molecule has 0 saturated carbocycles. The van der Waals surface area contributed by atoms with Gasteiger partial charge in [-0.15, -0.1) is 23.5 Å². The molecule has 4 amide bonds. The van der Waals surface area contributed by atoms with Crippen LogP contribution in [-0.4, -0.2) is 128 Å². The number of rotatable bonds is 29. The van der Waals surface area contributed by atoms with Gasteiger partial charge in [-0.25, -0.2) is 9.59 Å². The van der Waals surface area contributed by atoms with E-state index in [1.165, 1.54) is 54.2 Å². The van der Waals surface area contributed by atoms with Crippen LogP contribution < -0.4 is 71.0 Å². The zero-order chi connectivity index (χ0) is 53.5. The van der Waals surface area contributed by atoms with Crippen molar-refractivity contribution in [2.75, 3.05) is 72.1 Å². The van der Waals surface area contributed by atoms with E-state index in [4.69, 9.17) is 59.4 Å². The van der Waals surface area contributed by atoms with Crippen molar-refractivity contribution in [1.29, 1.82) is 10.8 Å². The molecule has 24 nitrogen and oxygen atoms in total. The molecule has 0 spiro atoms. The number of esters is 2. The Bertz CT molecular complexity index is 2250. The lowest BCUT2D eigenvalue weighted by molar-refractivity contribution is -0.124. The third kappa shape index (κ3) is 19.8. The summed E-state index contributed by atoms with van der Waals surface area (Å²) >= 11 is 2.32. The number of hydrogen-bond acceptors (Lipinski definition) is 18. The average Bonchev–Trinajstić information content (AvgIpc) is 3.31. The Morgan fingerprint density at radius 2 is 1.01 bits per heavy atom. The molecule has 21 N–H and O–H groups in total. The molecular formula is C46H68N14O10S2. The van der Waals surface area contributed by atoms with Crippen LogP contribution in [0.2, 0.25) is 0 Å². The van der Waals surface area contributed by atoms with Crippen LogP contribution in [0.1, 0.15) is 94.8 Å². The van der Waals surface area contributed by atoms with Crippen molar-refractivity contribution >= 4 is 93.8 Å². The van der Waals surface area contributed by atoms with Crippen molar-refractivity contribution in [2.45, 2.75) is 87.5 Å². The standard InChI is InChI=1S/C46H68N14O10S2/c1-24(2)69-43(66)28-20-32(37(71-15-10-48)34(22-28)59-41(64)31(50)7-5-12-55-45(51)52)57-39(62)26-17-27(19-30(18-26)68-14-9-47)40(63)58-33-21-29(44(67)70-25(3)4)23-35(38(33)72-16-11-49)60-42(65)36(61)8-6-13-56-46(53)54/h17-25,31,36,61H,5-16,47-50H2,1-4H3,(H,57,62)(H,58,63)(H,59,64)(H,60,65)(H4,51,52,55)(H4,53,54,56)/t31-,36-/m1/s1. The molecular weight excluding hydrogens is 973 g/mol. The highest BCUT2D eigenvalue weighted by Crippen LogP contribution is 2.39. The monoisotopic (exact) mass is 1040 g/mol. The fourth-order valence-electron chi connectivity index (χ4n) is 6.34. The number of carbonyl (C=O) groups excluding carboxylic acids is 6. The summed E-state index contributed by atoms with van der Waals surface area (Å²) in [6, 6.07) is 8.48. The zero-order valence-corrected chi connectivity index (χ0v) is 42.4. The van der Waals surface area contributed by atoms with E-state index in [1.807, 2.05) is 0 Å². The Labute approximate surface area is 426 Å². The summed E-state index contributed by atoms with van der Waals surface area (Å²) in [5, 5.41) is 41.7. The van der Waals surface area contributed by atoms with Crippen molar-refractivity contribution in [2.24, 2.45) is 34.4 Å². The summed E-state index contributed by atoms with van der Waals surface area (Å²) in [5.41, 5.74) is 34.4. The van der Waals surface area contributed by atoms with Gasteiger partial charge in [0.15, 0.2) is 11.9 Å². The van der Waals surface area contributed by atoms with E-state index >= 15 is 0 Å². The summed E-state index contributed by atoms with van der Waals surface area (Å²) in [5.74, 6) is -4.37. The molecule has 0 unspecified atom stereocenters. The Morgan fingerprint density at radius 1 is 0.597 bits per heavy atom. The van der Waals surface area contributed by atoms with Crippen molar-refractivity contribution in [3.63, 3.8) is 0 Å². The van der Waals surface area contributed by atoms with Crippen LogP contribution in [0.4, 0.5) is 22.7 Å². The van der Waals surface area contributed by atoms with Crippen molar-refractivity contribution in [3.05, 3.63) is 64.7 Å². The Balaban J connectivity index is 2.15. The fraction of sp³-hybridized carbons (Fsp3) is 0.435. The second kappa shape index (κ2) is 30.3. The molecule has 0 heterocycles. The van der Waals surface area contributed by atoms with Crippen molar-refractivity contribution in [3.8, 4) is 5.75 Å². The van der Waals surface area contributed by atoms with Crippen LogP contribution in [0.5, 0.6) is 5.75 Å². The van der Waals surface area contributed by atoms with Crippen molar-refractivity contribution in [1.82, 2.24) is 10.6 Å². The molecule has 3 rings (SSSR count). The number of aliphatic hydroxyl groups is 1. The highest BCUT2D eigenvalue weighted by atomic mass is 32.2. The molecule has 0 saturated heterocycles. The van der Waals surface area contributed by atoms with Gasteiger partial charge in [-0.3, -0.25) is 30.0 Å². The summed E-state index contributed by atoms with van der Waals surface area (Å²) in [6.45, 7) is 7.56. The van der Waals surface area contributed by atoms with Crippen molar-refractivity contribution < 1.29 is 48.1 Å². The van der Waals surface area contributed by atoms with Gasteiger partial charge in [0.2, 0.25) is 5.91 Å². The van der Waals surface area contributed by atoms with E-state index in [1.54, 1.807) is 27.7 Å². The van der Waals surface area contributed by atoms with Gasteiger partial charge in [0.1, 0.15) is 18.5 Å². The van der Waals surface area contributed by atoms with Crippen LogP contribution in [0.25, 0.3) is 0 Å². The average molecular weight is 1040 g/mol. The molecule has 0 aliphatic rings. The van der Waals surface area contributed by atoms with Gasteiger partial charge in [-0.2, -0.15) is 0 Å². The molecule has 0 aliphatic carbocycles. The van der Waals surface area contributed by atoms with Gasteiger partial charge in [0.25, 0.3) is 17.7 Å². The lowest BCUT2D eigenvalue weighted by Crippen LogP contribution is -2.37. The van der Waals surface area contributed by atoms with Gasteiger partial charge in [-0.05, 0) is 95.8 Å². The summed E-state index contributed by atoms with van der Waals surface area (Å²) in [6.07, 6.45) is -1.69. The quantitative estimate of drug-likeness (QED) is 0.0155. The molecule has 0 aliphatic heterocycles. The first-order valence-electron chi connectivity index (χ1n) is 22.9. The number of ether oxygens (including phenoxy) is 3. The second-order valence-electron chi connectivity index (χ2n) is 16.3. The first-order valence-corrected chi connectivity index (χ1v) is 24.9. The molecule has 26 heteroatoms.